The van der Waals surface area contributed by atoms with Crippen LogP contribution in [0.15, 0.2) is 10.7 Å². The van der Waals surface area contributed by atoms with E-state index in [1.54, 1.807) is 0 Å². The zero-order chi connectivity index (χ0) is 10.6. The molecule has 1 heterocycles. The summed E-state index contributed by atoms with van der Waals surface area (Å²) in [5.74, 6) is -0.572. The molecule has 0 radical (unpaired) electrons. The van der Waals surface area contributed by atoms with Gasteiger partial charge in [-0.05, 0) is 6.42 Å². The number of unbranched alkanes of at least 4 members (excludes halogenated alkanes) is 1. The molecule has 0 aromatic carbocycles. The summed E-state index contributed by atoms with van der Waals surface area (Å²) in [4.78, 5) is 10.9. The summed E-state index contributed by atoms with van der Waals surface area (Å²) >= 11 is 0. The Morgan fingerprint density at radius 2 is 2.29 bits per heavy atom. The lowest BCUT2D eigenvalue weighted by atomic mass is 10.1. The van der Waals surface area contributed by atoms with E-state index in [1.807, 2.05) is 6.92 Å². The van der Waals surface area contributed by atoms with Crippen LogP contribution in [0.5, 0.6) is 0 Å². The zero-order valence-corrected chi connectivity index (χ0v) is 8.12. The van der Waals surface area contributed by atoms with E-state index in [9.17, 15) is 4.79 Å². The number of rotatable bonds is 5. The van der Waals surface area contributed by atoms with Crippen LogP contribution in [0.4, 0.5) is 0 Å². The Bertz CT molecular complexity index is 314. The Morgan fingerprint density at radius 1 is 1.57 bits per heavy atom. The van der Waals surface area contributed by atoms with Crippen LogP contribution in [0.1, 0.15) is 41.4 Å². The van der Waals surface area contributed by atoms with Crippen LogP contribution in [0, 0.1) is 0 Å². The maximum absolute atomic E-state index is 10.9. The van der Waals surface area contributed by atoms with E-state index >= 15 is 0 Å². The van der Waals surface area contributed by atoms with Gasteiger partial charge >= 0.3 is 5.97 Å². The van der Waals surface area contributed by atoms with E-state index in [2.05, 4.69) is 0 Å². The Hall–Kier alpha value is -1.29. The van der Waals surface area contributed by atoms with Crippen LogP contribution in [-0.2, 0) is 13.0 Å². The second-order valence-corrected chi connectivity index (χ2v) is 3.13. The molecule has 0 saturated carbocycles. The zero-order valence-electron chi connectivity index (χ0n) is 8.12. The number of hydrogen-bond donors (Lipinski definition) is 2. The third kappa shape index (κ3) is 2.14. The molecule has 0 aliphatic carbocycles. The van der Waals surface area contributed by atoms with Gasteiger partial charge in [-0.15, -0.1) is 0 Å². The molecule has 4 nitrogen and oxygen atoms in total. The predicted molar refractivity (Wildman–Crippen MR) is 50.2 cm³/mol. The fraction of sp³-hybridized carbons (Fsp3) is 0.500. The molecule has 0 aliphatic rings. The van der Waals surface area contributed by atoms with Gasteiger partial charge in [0.2, 0.25) is 0 Å². The van der Waals surface area contributed by atoms with E-state index in [4.69, 9.17) is 14.6 Å². The van der Waals surface area contributed by atoms with Crippen molar-refractivity contribution in [1.82, 2.24) is 0 Å². The number of furan rings is 1. The third-order valence-electron chi connectivity index (χ3n) is 2.08. The molecule has 1 aromatic rings. The molecule has 0 unspecified atom stereocenters. The van der Waals surface area contributed by atoms with Crippen molar-refractivity contribution < 1.29 is 19.4 Å². The molecular formula is C10H14O4. The number of carboxylic acid groups (broad SMARTS) is 1. The molecule has 0 fully saturated rings. The number of aliphatic hydroxyl groups excluding tert-OH is 1. The van der Waals surface area contributed by atoms with E-state index in [-0.39, 0.29) is 12.2 Å². The van der Waals surface area contributed by atoms with Crippen molar-refractivity contribution in [3.05, 3.63) is 23.2 Å². The summed E-state index contributed by atoms with van der Waals surface area (Å²) < 4.78 is 5.11. The first-order valence-electron chi connectivity index (χ1n) is 4.64. The Labute approximate surface area is 82.2 Å². The van der Waals surface area contributed by atoms with Crippen molar-refractivity contribution in [1.29, 1.82) is 0 Å². The van der Waals surface area contributed by atoms with E-state index in [0.717, 1.165) is 12.8 Å². The summed E-state index contributed by atoms with van der Waals surface area (Å²) in [5, 5.41) is 17.8. The molecule has 2 N–H and O–H groups in total. The van der Waals surface area contributed by atoms with Gasteiger partial charge in [0.15, 0.2) is 0 Å². The number of carbonyl (C=O) groups is 1. The molecule has 1 rings (SSSR count). The third-order valence-corrected chi connectivity index (χ3v) is 2.08. The highest BCUT2D eigenvalue weighted by molar-refractivity contribution is 5.90. The lowest BCUT2D eigenvalue weighted by Gasteiger charge is -1.98. The van der Waals surface area contributed by atoms with Gasteiger partial charge in [0, 0.05) is 12.0 Å². The summed E-state index contributed by atoms with van der Waals surface area (Å²) in [5.41, 5.74) is 0.476. The lowest BCUT2D eigenvalue weighted by molar-refractivity contribution is 0.0691. The summed E-state index contributed by atoms with van der Waals surface area (Å²) in [6.45, 7) is 1.73. The first-order valence-corrected chi connectivity index (χ1v) is 4.64. The molecular weight excluding hydrogens is 184 g/mol. The van der Waals surface area contributed by atoms with Gasteiger partial charge in [-0.1, -0.05) is 13.3 Å². The minimum absolute atomic E-state index is 0.126. The number of aliphatic hydroxyl groups is 1. The fourth-order valence-corrected chi connectivity index (χ4v) is 1.33. The van der Waals surface area contributed by atoms with Gasteiger partial charge in [-0.3, -0.25) is 0 Å². The minimum atomic E-state index is -1.03. The summed E-state index contributed by atoms with van der Waals surface area (Å²) in [6.07, 6.45) is 3.79. The average molecular weight is 198 g/mol. The van der Waals surface area contributed by atoms with E-state index in [0.29, 0.717) is 17.7 Å². The highest BCUT2D eigenvalue weighted by Crippen LogP contribution is 2.19. The first kappa shape index (κ1) is 10.8. The van der Waals surface area contributed by atoms with Crippen molar-refractivity contribution in [3.8, 4) is 0 Å². The molecule has 0 spiro atoms. The van der Waals surface area contributed by atoms with Gasteiger partial charge in [-0.2, -0.15) is 0 Å². The largest absolute Gasteiger partial charge is 0.478 e. The van der Waals surface area contributed by atoms with E-state index < -0.39 is 5.97 Å². The summed E-state index contributed by atoms with van der Waals surface area (Å²) in [6, 6.07) is 0. The monoisotopic (exact) mass is 198 g/mol. The number of hydrogen-bond acceptors (Lipinski definition) is 3. The van der Waals surface area contributed by atoms with Crippen molar-refractivity contribution in [3.63, 3.8) is 0 Å². The van der Waals surface area contributed by atoms with Gasteiger partial charge < -0.3 is 14.6 Å². The fourth-order valence-electron chi connectivity index (χ4n) is 1.33. The molecule has 78 valence electrons. The van der Waals surface area contributed by atoms with Gasteiger partial charge in [0.1, 0.15) is 11.3 Å². The highest BCUT2D eigenvalue weighted by atomic mass is 16.4. The molecule has 0 bridgehead atoms. The molecule has 0 saturated heterocycles. The molecule has 1 aromatic heterocycles. The van der Waals surface area contributed by atoms with Crippen LogP contribution in [0.25, 0.3) is 0 Å². The molecule has 4 heteroatoms. The van der Waals surface area contributed by atoms with E-state index in [1.165, 1.54) is 6.26 Å². The van der Waals surface area contributed by atoms with Crippen molar-refractivity contribution in [2.75, 3.05) is 0 Å². The summed E-state index contributed by atoms with van der Waals surface area (Å²) in [7, 11) is 0. The van der Waals surface area contributed by atoms with Crippen molar-refractivity contribution >= 4 is 5.97 Å². The topological polar surface area (TPSA) is 70.7 Å². The standard InChI is InChI=1S/C10H14O4/c1-2-3-4-8-9(10(12)13)7(5-11)6-14-8/h6,11H,2-5H2,1H3,(H,12,13). The Balaban J connectivity index is 2.92. The first-order chi connectivity index (χ1) is 6.70. The average Bonchev–Trinajstić information content (AvgIpc) is 2.57. The SMILES string of the molecule is CCCCc1occ(CO)c1C(=O)O. The second kappa shape index (κ2) is 4.81. The van der Waals surface area contributed by atoms with Gasteiger partial charge in [0.05, 0.1) is 12.9 Å². The maximum Gasteiger partial charge on any atom is 0.339 e. The molecule has 0 aliphatic heterocycles. The van der Waals surface area contributed by atoms with Crippen molar-refractivity contribution in [2.24, 2.45) is 0 Å². The lowest BCUT2D eigenvalue weighted by Crippen LogP contribution is -2.03. The Kier molecular flexibility index (Phi) is 3.71. The number of aryl methyl sites for hydroxylation is 1. The molecule has 0 atom stereocenters. The highest BCUT2D eigenvalue weighted by Gasteiger charge is 2.18. The van der Waals surface area contributed by atoms with Gasteiger partial charge in [-0.25, -0.2) is 4.79 Å². The molecule has 0 amide bonds. The van der Waals surface area contributed by atoms with Crippen molar-refractivity contribution in [2.45, 2.75) is 32.8 Å². The molecule has 14 heavy (non-hydrogen) atoms. The quantitative estimate of drug-likeness (QED) is 0.757. The Morgan fingerprint density at radius 3 is 2.79 bits per heavy atom. The van der Waals surface area contributed by atoms with Crippen LogP contribution in [-0.4, -0.2) is 16.2 Å². The van der Waals surface area contributed by atoms with Gasteiger partial charge in [0.25, 0.3) is 0 Å². The van der Waals surface area contributed by atoms with Crippen LogP contribution in [0.2, 0.25) is 0 Å². The number of carboxylic acids is 1. The van der Waals surface area contributed by atoms with Crippen LogP contribution in [0.3, 0.4) is 0 Å². The van der Waals surface area contributed by atoms with Crippen LogP contribution < -0.4 is 0 Å². The minimum Gasteiger partial charge on any atom is -0.478 e. The smallest absolute Gasteiger partial charge is 0.339 e. The predicted octanol–water partition coefficient (Wildman–Crippen LogP) is 1.81. The maximum atomic E-state index is 10.9. The second-order valence-electron chi connectivity index (χ2n) is 3.13. The normalized spacial score (nSPS) is 10.4. The number of aromatic carboxylic acids is 1. The van der Waals surface area contributed by atoms with Crippen LogP contribution >= 0.6 is 0 Å².